The zero-order valence-corrected chi connectivity index (χ0v) is 12.3. The van der Waals surface area contributed by atoms with E-state index in [0.717, 1.165) is 11.3 Å². The van der Waals surface area contributed by atoms with Gasteiger partial charge in [-0.2, -0.15) is 0 Å². The topological polar surface area (TPSA) is 66.9 Å². The second-order valence-electron chi connectivity index (χ2n) is 5.25. The van der Waals surface area contributed by atoms with Gasteiger partial charge in [-0.05, 0) is 35.7 Å². The van der Waals surface area contributed by atoms with Crippen molar-refractivity contribution in [3.8, 4) is 0 Å². The summed E-state index contributed by atoms with van der Waals surface area (Å²) in [6, 6.07) is 7.49. The van der Waals surface area contributed by atoms with Crippen LogP contribution in [0.4, 0.5) is 5.69 Å². The molecular formula is C16H20N4O. The first-order valence-corrected chi connectivity index (χ1v) is 7.02. The van der Waals surface area contributed by atoms with E-state index >= 15 is 0 Å². The third-order valence-electron chi connectivity index (χ3n) is 2.91. The highest BCUT2D eigenvalue weighted by Gasteiger charge is 2.07. The number of nitrogens with one attached hydrogen (secondary N) is 2. The van der Waals surface area contributed by atoms with Crippen molar-refractivity contribution in [2.24, 2.45) is 5.92 Å². The first-order valence-electron chi connectivity index (χ1n) is 7.02. The molecule has 0 fully saturated rings. The first-order chi connectivity index (χ1) is 10.1. The molecule has 0 aliphatic rings. The molecule has 2 heterocycles. The van der Waals surface area contributed by atoms with Crippen molar-refractivity contribution in [1.29, 1.82) is 0 Å². The molecule has 0 aromatic carbocycles. The Morgan fingerprint density at radius 1 is 1.19 bits per heavy atom. The highest BCUT2D eigenvalue weighted by atomic mass is 16.1. The first kappa shape index (κ1) is 15.0. The monoisotopic (exact) mass is 284 g/mol. The summed E-state index contributed by atoms with van der Waals surface area (Å²) in [6.07, 6.45) is 5.19. The van der Waals surface area contributed by atoms with Crippen LogP contribution in [0.1, 0.15) is 29.9 Å². The van der Waals surface area contributed by atoms with E-state index < -0.39 is 0 Å². The Morgan fingerprint density at radius 2 is 1.95 bits per heavy atom. The largest absolute Gasteiger partial charge is 0.380 e. The van der Waals surface area contributed by atoms with Gasteiger partial charge in [-0.1, -0.05) is 13.8 Å². The van der Waals surface area contributed by atoms with E-state index in [2.05, 4.69) is 34.4 Å². The van der Waals surface area contributed by atoms with Gasteiger partial charge in [0.2, 0.25) is 0 Å². The number of nitrogens with zero attached hydrogens (tertiary/aromatic N) is 2. The number of carbonyl (C=O) groups excluding carboxylic acids is 1. The predicted octanol–water partition coefficient (Wildman–Crippen LogP) is 2.47. The Hall–Kier alpha value is -2.43. The van der Waals surface area contributed by atoms with Crippen LogP contribution in [0, 0.1) is 5.92 Å². The zero-order chi connectivity index (χ0) is 15.1. The molecule has 2 rings (SSSR count). The average Bonchev–Trinajstić information content (AvgIpc) is 2.52. The minimum atomic E-state index is -0.135. The number of hydrogen-bond acceptors (Lipinski definition) is 4. The fourth-order valence-corrected chi connectivity index (χ4v) is 1.72. The molecular weight excluding hydrogens is 264 g/mol. The Labute approximate surface area is 124 Å². The van der Waals surface area contributed by atoms with Gasteiger partial charge in [-0.15, -0.1) is 0 Å². The number of anilines is 1. The number of hydrogen-bond donors (Lipinski definition) is 2. The fraction of sp³-hybridized carbons (Fsp3) is 0.312. The lowest BCUT2D eigenvalue weighted by atomic mass is 10.2. The summed E-state index contributed by atoms with van der Waals surface area (Å²) < 4.78 is 0. The molecule has 0 saturated carbocycles. The maximum absolute atomic E-state index is 11.8. The number of carbonyl (C=O) groups is 1. The lowest BCUT2D eigenvalue weighted by molar-refractivity contribution is 0.0944. The Kier molecular flexibility index (Phi) is 5.26. The highest BCUT2D eigenvalue weighted by Crippen LogP contribution is 2.08. The lowest BCUT2D eigenvalue weighted by Gasteiger charge is -2.08. The maximum Gasteiger partial charge on any atom is 0.269 e. The molecule has 0 radical (unpaired) electrons. The summed E-state index contributed by atoms with van der Waals surface area (Å²) >= 11 is 0. The predicted molar refractivity (Wildman–Crippen MR) is 83.0 cm³/mol. The van der Waals surface area contributed by atoms with E-state index in [-0.39, 0.29) is 5.91 Å². The second-order valence-corrected chi connectivity index (χ2v) is 5.25. The molecule has 2 N–H and O–H groups in total. The van der Waals surface area contributed by atoms with Crippen LogP contribution in [0.5, 0.6) is 0 Å². The quantitative estimate of drug-likeness (QED) is 0.855. The average molecular weight is 284 g/mol. The van der Waals surface area contributed by atoms with Crippen LogP contribution in [0.3, 0.4) is 0 Å². The number of pyridine rings is 2. The third-order valence-corrected chi connectivity index (χ3v) is 2.91. The molecule has 0 spiro atoms. The number of amides is 1. The van der Waals surface area contributed by atoms with Gasteiger partial charge in [0.15, 0.2) is 0 Å². The molecule has 2 aromatic rings. The summed E-state index contributed by atoms with van der Waals surface area (Å²) in [7, 11) is 0. The van der Waals surface area contributed by atoms with Crippen molar-refractivity contribution in [3.63, 3.8) is 0 Å². The number of rotatable bonds is 6. The van der Waals surface area contributed by atoms with Gasteiger partial charge >= 0.3 is 0 Å². The summed E-state index contributed by atoms with van der Waals surface area (Å²) in [5, 5.41) is 6.10. The van der Waals surface area contributed by atoms with Crippen LogP contribution in [0.25, 0.3) is 0 Å². The van der Waals surface area contributed by atoms with Gasteiger partial charge in [0, 0.05) is 25.5 Å². The van der Waals surface area contributed by atoms with E-state index in [0.29, 0.717) is 24.7 Å². The highest BCUT2D eigenvalue weighted by molar-refractivity contribution is 5.92. The van der Waals surface area contributed by atoms with E-state index in [1.54, 1.807) is 24.7 Å². The molecule has 110 valence electrons. The maximum atomic E-state index is 11.8. The molecule has 0 unspecified atom stereocenters. The molecule has 2 aromatic heterocycles. The molecule has 0 aliphatic carbocycles. The molecule has 0 aliphatic heterocycles. The van der Waals surface area contributed by atoms with Gasteiger partial charge in [0.25, 0.3) is 5.91 Å². The summed E-state index contributed by atoms with van der Waals surface area (Å²) in [5.74, 6) is 0.291. The van der Waals surface area contributed by atoms with E-state index in [1.165, 1.54) is 0 Å². The van der Waals surface area contributed by atoms with Crippen LogP contribution in [0.15, 0.2) is 42.9 Å². The van der Waals surface area contributed by atoms with E-state index in [1.807, 2.05) is 18.2 Å². The minimum Gasteiger partial charge on any atom is -0.380 e. The molecule has 0 atom stereocenters. The number of aromatic nitrogens is 2. The normalized spacial score (nSPS) is 10.4. The standard InChI is InChI=1S/C16H20N4O/c1-12(2)9-20-16(21)15-4-3-14(11-19-15)18-10-13-5-7-17-8-6-13/h3-8,11-12,18H,9-10H2,1-2H3,(H,20,21). The van der Waals surface area contributed by atoms with Crippen LogP contribution in [-0.2, 0) is 6.54 Å². The van der Waals surface area contributed by atoms with Crippen molar-refractivity contribution in [1.82, 2.24) is 15.3 Å². The van der Waals surface area contributed by atoms with E-state index in [4.69, 9.17) is 0 Å². The minimum absolute atomic E-state index is 0.135. The van der Waals surface area contributed by atoms with Crippen molar-refractivity contribution < 1.29 is 4.79 Å². The molecule has 1 amide bonds. The van der Waals surface area contributed by atoms with Crippen LogP contribution in [-0.4, -0.2) is 22.4 Å². The van der Waals surface area contributed by atoms with Crippen LogP contribution in [0.2, 0.25) is 0 Å². The van der Waals surface area contributed by atoms with Crippen LogP contribution >= 0.6 is 0 Å². The smallest absolute Gasteiger partial charge is 0.269 e. The Balaban J connectivity index is 1.88. The van der Waals surface area contributed by atoms with Crippen molar-refractivity contribution in [3.05, 3.63) is 54.1 Å². The van der Waals surface area contributed by atoms with Gasteiger partial charge in [0.1, 0.15) is 5.69 Å². The van der Waals surface area contributed by atoms with Crippen molar-refractivity contribution in [2.45, 2.75) is 20.4 Å². The Morgan fingerprint density at radius 3 is 2.57 bits per heavy atom. The summed E-state index contributed by atoms with van der Waals surface area (Å²) in [4.78, 5) is 20.0. The van der Waals surface area contributed by atoms with E-state index in [9.17, 15) is 4.79 Å². The molecule has 21 heavy (non-hydrogen) atoms. The molecule has 5 nitrogen and oxygen atoms in total. The molecule has 0 bridgehead atoms. The Bertz CT molecular complexity index is 567. The van der Waals surface area contributed by atoms with Gasteiger partial charge in [-0.25, -0.2) is 4.98 Å². The van der Waals surface area contributed by atoms with Gasteiger partial charge in [-0.3, -0.25) is 9.78 Å². The fourth-order valence-electron chi connectivity index (χ4n) is 1.72. The van der Waals surface area contributed by atoms with Crippen molar-refractivity contribution in [2.75, 3.05) is 11.9 Å². The van der Waals surface area contributed by atoms with Gasteiger partial charge < -0.3 is 10.6 Å². The lowest BCUT2D eigenvalue weighted by Crippen LogP contribution is -2.27. The molecule has 0 saturated heterocycles. The zero-order valence-electron chi connectivity index (χ0n) is 12.3. The second kappa shape index (κ2) is 7.38. The SMILES string of the molecule is CC(C)CNC(=O)c1ccc(NCc2ccncc2)cn1. The van der Waals surface area contributed by atoms with Crippen LogP contribution < -0.4 is 10.6 Å². The third kappa shape index (κ3) is 4.87. The summed E-state index contributed by atoms with van der Waals surface area (Å²) in [6.45, 7) is 5.46. The van der Waals surface area contributed by atoms with Crippen molar-refractivity contribution >= 4 is 11.6 Å². The van der Waals surface area contributed by atoms with Gasteiger partial charge in [0.05, 0.1) is 11.9 Å². The summed E-state index contributed by atoms with van der Waals surface area (Å²) in [5.41, 5.74) is 2.46. The molecule has 5 heteroatoms.